The third-order valence-electron chi connectivity index (χ3n) is 5.17. The molecule has 4 heterocycles. The van der Waals surface area contributed by atoms with E-state index < -0.39 is 5.97 Å². The highest BCUT2D eigenvalue weighted by molar-refractivity contribution is 5.88. The molecule has 0 radical (unpaired) electrons. The Kier molecular flexibility index (Phi) is 4.99. The molecule has 0 amide bonds. The maximum absolute atomic E-state index is 13.0. The highest BCUT2D eigenvalue weighted by Crippen LogP contribution is 2.19. The van der Waals surface area contributed by atoms with E-state index in [0.717, 1.165) is 12.0 Å². The van der Waals surface area contributed by atoms with Crippen molar-refractivity contribution in [2.24, 2.45) is 0 Å². The number of imidazole rings is 2. The van der Waals surface area contributed by atoms with E-state index in [2.05, 4.69) is 31.9 Å². The molecule has 0 spiro atoms. The fourth-order valence-electron chi connectivity index (χ4n) is 3.66. The van der Waals surface area contributed by atoms with Crippen LogP contribution in [0.5, 0.6) is 0 Å². The largest absolute Gasteiger partial charge is 0.478 e. The van der Waals surface area contributed by atoms with Gasteiger partial charge in [0.25, 0.3) is 5.56 Å². The molecule has 0 fully saturated rings. The zero-order chi connectivity index (χ0) is 22.9. The molecule has 0 aliphatic heterocycles. The second-order valence-electron chi connectivity index (χ2n) is 7.45. The summed E-state index contributed by atoms with van der Waals surface area (Å²) in [6.07, 6.45) is 7.68. The quantitative estimate of drug-likeness (QED) is 0.404. The summed E-state index contributed by atoms with van der Waals surface area (Å²) in [5, 5.41) is 13.4. The van der Waals surface area contributed by atoms with Crippen molar-refractivity contribution < 1.29 is 9.90 Å². The molecule has 0 unspecified atom stereocenters. The normalized spacial score (nSPS) is 11.1. The first-order chi connectivity index (χ1) is 16.0. The van der Waals surface area contributed by atoms with Gasteiger partial charge in [0.1, 0.15) is 12.4 Å². The number of nitrogens with one attached hydrogen (secondary N) is 1. The predicted octanol–water partition coefficient (Wildman–Crippen LogP) is 2.40. The Morgan fingerprint density at radius 1 is 1.30 bits per heavy atom. The lowest BCUT2D eigenvalue weighted by molar-refractivity contribution is 0.0697. The summed E-state index contributed by atoms with van der Waals surface area (Å²) in [4.78, 5) is 36.1. The van der Waals surface area contributed by atoms with Crippen LogP contribution >= 0.6 is 0 Å². The summed E-state index contributed by atoms with van der Waals surface area (Å²) in [7, 11) is 0. The number of aromatic carboxylic acids is 1. The second kappa shape index (κ2) is 8.12. The van der Waals surface area contributed by atoms with Gasteiger partial charge >= 0.3 is 5.97 Å². The molecule has 5 aromatic rings. The Morgan fingerprint density at radius 3 is 3.00 bits per heavy atom. The van der Waals surface area contributed by atoms with E-state index >= 15 is 0 Å². The number of rotatable bonds is 5. The number of aromatic amines is 1. The van der Waals surface area contributed by atoms with Gasteiger partial charge in [-0.15, -0.1) is 0 Å². The van der Waals surface area contributed by atoms with Gasteiger partial charge in [0.05, 0.1) is 17.3 Å². The summed E-state index contributed by atoms with van der Waals surface area (Å²) < 4.78 is 5.09. The van der Waals surface area contributed by atoms with Crippen molar-refractivity contribution in [2.45, 2.75) is 26.4 Å². The van der Waals surface area contributed by atoms with E-state index in [-0.39, 0.29) is 11.1 Å². The first-order valence-electron chi connectivity index (χ1n) is 10.4. The molecule has 5 rings (SSSR count). The van der Waals surface area contributed by atoms with Gasteiger partial charge in [0, 0.05) is 30.7 Å². The molecule has 2 N–H and O–H groups in total. The summed E-state index contributed by atoms with van der Waals surface area (Å²) in [6, 6.07) is 6.47. The first kappa shape index (κ1) is 20.3. The van der Waals surface area contributed by atoms with Gasteiger partial charge in [-0.1, -0.05) is 24.8 Å². The van der Waals surface area contributed by atoms with Gasteiger partial charge in [-0.25, -0.2) is 14.8 Å². The van der Waals surface area contributed by atoms with Crippen molar-refractivity contribution in [3.63, 3.8) is 0 Å². The monoisotopic (exact) mass is 441 g/mol. The van der Waals surface area contributed by atoms with Crippen molar-refractivity contribution in [2.75, 3.05) is 0 Å². The number of aromatic nitrogens is 7. The molecule has 0 atom stereocenters. The Balaban J connectivity index is 1.44. The zero-order valence-corrected chi connectivity index (χ0v) is 17.7. The van der Waals surface area contributed by atoms with Crippen LogP contribution in [0.3, 0.4) is 0 Å². The predicted molar refractivity (Wildman–Crippen MR) is 121 cm³/mol. The summed E-state index contributed by atoms with van der Waals surface area (Å²) >= 11 is 0. The van der Waals surface area contributed by atoms with Crippen LogP contribution in [0.25, 0.3) is 28.3 Å². The standard InChI is InChI=1S/C23H19N7O3/c1-2-9-30-21(31)18-20(29-11-8-24-23(29)30)27-19(26-18)17-13-25-28(14-17)10-4-6-15-5-3-7-16(12-15)22(32)33/h3,5,7-8,11-14H,2,9-10H2,1H3,(H,26,27)(H,32,33). The Hall–Kier alpha value is -4.65. The van der Waals surface area contributed by atoms with Crippen LogP contribution in [0.1, 0.15) is 29.3 Å². The highest BCUT2D eigenvalue weighted by Gasteiger charge is 2.16. The number of benzene rings is 1. The van der Waals surface area contributed by atoms with Crippen molar-refractivity contribution >= 4 is 22.9 Å². The van der Waals surface area contributed by atoms with E-state index in [9.17, 15) is 9.59 Å². The minimum atomic E-state index is -0.990. The molecule has 10 heteroatoms. The van der Waals surface area contributed by atoms with Crippen molar-refractivity contribution in [1.82, 2.24) is 33.7 Å². The molecule has 10 nitrogen and oxygen atoms in total. The Labute approximate surface area is 187 Å². The van der Waals surface area contributed by atoms with Crippen molar-refractivity contribution in [1.29, 1.82) is 0 Å². The van der Waals surface area contributed by atoms with Crippen LogP contribution in [0.2, 0.25) is 0 Å². The summed E-state index contributed by atoms with van der Waals surface area (Å²) in [5.41, 5.74) is 2.29. The average molecular weight is 441 g/mol. The fourth-order valence-corrected chi connectivity index (χ4v) is 3.66. The van der Waals surface area contributed by atoms with E-state index in [4.69, 9.17) is 5.11 Å². The SMILES string of the molecule is CCCn1c(=O)c2[nH]c(-c3cnn(CC#Cc4cccc(C(=O)O)c4)c3)nc2n2ccnc12. The van der Waals surface area contributed by atoms with E-state index in [1.165, 1.54) is 12.1 Å². The fraction of sp³-hybridized carbons (Fsp3) is 0.174. The van der Waals surface area contributed by atoms with Crippen molar-refractivity contribution in [3.8, 4) is 23.2 Å². The number of carboxylic acids is 1. The van der Waals surface area contributed by atoms with Gasteiger partial charge in [-0.3, -0.25) is 18.4 Å². The molecule has 33 heavy (non-hydrogen) atoms. The molecular formula is C23H19N7O3. The number of fused-ring (bicyclic) bond motifs is 3. The van der Waals surface area contributed by atoms with Crippen LogP contribution < -0.4 is 5.56 Å². The highest BCUT2D eigenvalue weighted by atomic mass is 16.4. The Morgan fingerprint density at radius 2 is 2.18 bits per heavy atom. The number of aryl methyl sites for hydroxylation is 1. The van der Waals surface area contributed by atoms with E-state index in [1.807, 2.05) is 6.92 Å². The molecule has 0 saturated heterocycles. The number of carboxylic acid groups (broad SMARTS) is 1. The van der Waals surface area contributed by atoms with Gasteiger partial charge in [-0.05, 0) is 24.6 Å². The lowest BCUT2D eigenvalue weighted by atomic mass is 10.1. The summed E-state index contributed by atoms with van der Waals surface area (Å²) in [6.45, 7) is 2.89. The number of carbonyl (C=O) groups is 1. The van der Waals surface area contributed by atoms with E-state index in [0.29, 0.717) is 41.4 Å². The maximum atomic E-state index is 13.0. The number of nitrogens with zero attached hydrogens (tertiary/aromatic N) is 6. The van der Waals surface area contributed by atoms with Crippen LogP contribution in [-0.4, -0.2) is 44.8 Å². The topological polar surface area (TPSA) is 123 Å². The zero-order valence-electron chi connectivity index (χ0n) is 17.7. The molecule has 1 aromatic carbocycles. The van der Waals surface area contributed by atoms with Gasteiger partial charge in [0.2, 0.25) is 5.78 Å². The maximum Gasteiger partial charge on any atom is 0.335 e. The average Bonchev–Trinajstić information content (AvgIpc) is 3.55. The lowest BCUT2D eigenvalue weighted by Crippen LogP contribution is -2.23. The smallest absolute Gasteiger partial charge is 0.335 e. The first-order valence-corrected chi connectivity index (χ1v) is 10.4. The molecule has 4 aromatic heterocycles. The number of hydrogen-bond donors (Lipinski definition) is 2. The van der Waals surface area contributed by atoms with Crippen LogP contribution in [-0.2, 0) is 13.1 Å². The number of hydrogen-bond acceptors (Lipinski definition) is 5. The van der Waals surface area contributed by atoms with Gasteiger partial charge in [0.15, 0.2) is 11.2 Å². The second-order valence-corrected chi connectivity index (χ2v) is 7.45. The third-order valence-corrected chi connectivity index (χ3v) is 5.17. The molecule has 164 valence electrons. The molecule has 0 saturated carbocycles. The minimum absolute atomic E-state index is 0.161. The van der Waals surface area contributed by atoms with Gasteiger partial charge < -0.3 is 10.1 Å². The molecular weight excluding hydrogens is 422 g/mol. The molecule has 0 aliphatic rings. The van der Waals surface area contributed by atoms with Gasteiger partial charge in [-0.2, -0.15) is 5.10 Å². The Bertz CT molecular complexity index is 1620. The number of H-pyrrole nitrogens is 1. The van der Waals surface area contributed by atoms with Crippen LogP contribution in [0, 0.1) is 11.8 Å². The molecule has 0 bridgehead atoms. The summed E-state index contributed by atoms with van der Waals surface area (Å²) in [5.74, 6) is 6.04. The third kappa shape index (κ3) is 3.65. The van der Waals surface area contributed by atoms with E-state index in [1.54, 1.807) is 50.6 Å². The minimum Gasteiger partial charge on any atom is -0.478 e. The van der Waals surface area contributed by atoms with Crippen LogP contribution in [0.15, 0.2) is 53.8 Å². The van der Waals surface area contributed by atoms with Crippen LogP contribution in [0.4, 0.5) is 0 Å². The van der Waals surface area contributed by atoms with Crippen molar-refractivity contribution in [3.05, 3.63) is 70.5 Å². The molecule has 0 aliphatic carbocycles. The lowest BCUT2D eigenvalue weighted by Gasteiger charge is -2.05.